The molecule has 0 saturated heterocycles. The molecule has 0 fully saturated rings. The molecule has 0 unspecified atom stereocenters. The number of benzene rings is 3. The number of ether oxygens (including phenoxy) is 3. The van der Waals surface area contributed by atoms with Crippen LogP contribution in [-0.4, -0.2) is 33.3 Å². The third-order valence-electron chi connectivity index (χ3n) is 4.25. The van der Waals surface area contributed by atoms with E-state index >= 15 is 0 Å². The van der Waals surface area contributed by atoms with Crippen molar-refractivity contribution in [2.75, 3.05) is 38.0 Å². The van der Waals surface area contributed by atoms with Gasteiger partial charge in [0.15, 0.2) is 0 Å². The summed E-state index contributed by atoms with van der Waals surface area (Å²) in [6, 6.07) is 22.0. The van der Waals surface area contributed by atoms with Crippen molar-refractivity contribution >= 4 is 17.3 Å². The topological polar surface area (TPSA) is 68.8 Å². The first kappa shape index (κ1) is 20.1. The largest absolute Gasteiger partial charge is 0.497 e. The van der Waals surface area contributed by atoms with Crippen LogP contribution in [0, 0.1) is 0 Å². The number of rotatable bonds is 9. The van der Waals surface area contributed by atoms with Gasteiger partial charge in [-0.05, 0) is 72.8 Å². The number of amides is 1. The summed E-state index contributed by atoms with van der Waals surface area (Å²) in [6.45, 7) is 1.19. The summed E-state index contributed by atoms with van der Waals surface area (Å²) in [5.41, 5.74) is 2.25. The van der Waals surface area contributed by atoms with Gasteiger partial charge in [-0.2, -0.15) is 0 Å². The summed E-state index contributed by atoms with van der Waals surface area (Å²) in [4.78, 5) is 12.3. The SMILES string of the molecule is COc1ccc(OCCNc2ccc(NC(=O)c3ccc(OC)cc3)cc2)cc1. The monoisotopic (exact) mass is 392 g/mol. The highest BCUT2D eigenvalue weighted by molar-refractivity contribution is 6.04. The van der Waals surface area contributed by atoms with Crippen LogP contribution in [0.3, 0.4) is 0 Å². The Hall–Kier alpha value is -3.67. The van der Waals surface area contributed by atoms with Gasteiger partial charge < -0.3 is 24.8 Å². The van der Waals surface area contributed by atoms with Gasteiger partial charge in [0.2, 0.25) is 0 Å². The molecule has 2 N–H and O–H groups in total. The average molecular weight is 392 g/mol. The number of carbonyl (C=O) groups excluding carboxylic acids is 1. The van der Waals surface area contributed by atoms with Crippen molar-refractivity contribution in [3.63, 3.8) is 0 Å². The smallest absolute Gasteiger partial charge is 0.255 e. The molecule has 29 heavy (non-hydrogen) atoms. The highest BCUT2D eigenvalue weighted by Gasteiger charge is 2.06. The Morgan fingerprint density at radius 3 is 1.83 bits per heavy atom. The maximum Gasteiger partial charge on any atom is 0.255 e. The minimum Gasteiger partial charge on any atom is -0.497 e. The maximum atomic E-state index is 12.3. The van der Waals surface area contributed by atoms with Crippen LogP contribution in [0.1, 0.15) is 10.4 Å². The Balaban J connectivity index is 1.43. The molecule has 0 atom stereocenters. The molecule has 0 spiro atoms. The second-order valence-corrected chi connectivity index (χ2v) is 6.21. The summed E-state index contributed by atoms with van der Waals surface area (Å²) in [7, 11) is 3.23. The molecule has 3 aromatic rings. The summed E-state index contributed by atoms with van der Waals surface area (Å²) in [5.74, 6) is 2.15. The number of methoxy groups -OCH3 is 2. The molecular weight excluding hydrogens is 368 g/mol. The lowest BCUT2D eigenvalue weighted by Gasteiger charge is -2.10. The van der Waals surface area contributed by atoms with E-state index in [0.29, 0.717) is 24.5 Å². The molecule has 0 radical (unpaired) electrons. The van der Waals surface area contributed by atoms with Crippen molar-refractivity contribution in [1.29, 1.82) is 0 Å². The highest BCUT2D eigenvalue weighted by Crippen LogP contribution is 2.18. The fourth-order valence-corrected chi connectivity index (χ4v) is 2.65. The van der Waals surface area contributed by atoms with E-state index in [4.69, 9.17) is 14.2 Å². The highest BCUT2D eigenvalue weighted by atomic mass is 16.5. The van der Waals surface area contributed by atoms with Crippen LogP contribution in [0.5, 0.6) is 17.2 Å². The van der Waals surface area contributed by atoms with Gasteiger partial charge in [-0.15, -0.1) is 0 Å². The molecule has 0 heterocycles. The number of hydrogen-bond donors (Lipinski definition) is 2. The predicted molar refractivity (Wildman–Crippen MR) is 114 cm³/mol. The minimum absolute atomic E-state index is 0.166. The molecule has 0 aliphatic heterocycles. The first-order valence-corrected chi connectivity index (χ1v) is 9.24. The van der Waals surface area contributed by atoms with Gasteiger partial charge in [0.1, 0.15) is 23.9 Å². The minimum atomic E-state index is -0.166. The first-order chi connectivity index (χ1) is 14.2. The molecule has 3 aromatic carbocycles. The third kappa shape index (κ3) is 5.90. The number of carbonyl (C=O) groups is 1. The Bertz CT molecular complexity index is 907. The van der Waals surface area contributed by atoms with Gasteiger partial charge in [0.25, 0.3) is 5.91 Å². The van der Waals surface area contributed by atoms with Crippen LogP contribution in [0.4, 0.5) is 11.4 Å². The van der Waals surface area contributed by atoms with Gasteiger partial charge >= 0.3 is 0 Å². The number of hydrogen-bond acceptors (Lipinski definition) is 5. The Kier molecular flexibility index (Phi) is 6.95. The molecule has 150 valence electrons. The van der Waals surface area contributed by atoms with E-state index in [2.05, 4.69) is 10.6 Å². The summed E-state index contributed by atoms with van der Waals surface area (Å²) in [5, 5.41) is 6.16. The molecule has 1 amide bonds. The lowest BCUT2D eigenvalue weighted by atomic mass is 10.2. The van der Waals surface area contributed by atoms with E-state index in [1.54, 1.807) is 38.5 Å². The van der Waals surface area contributed by atoms with Crippen molar-refractivity contribution in [2.24, 2.45) is 0 Å². The summed E-state index contributed by atoms with van der Waals surface area (Å²) >= 11 is 0. The third-order valence-corrected chi connectivity index (χ3v) is 4.25. The van der Waals surface area contributed by atoms with Crippen LogP contribution < -0.4 is 24.8 Å². The van der Waals surface area contributed by atoms with E-state index in [1.165, 1.54) is 0 Å². The standard InChI is InChI=1S/C23H24N2O4/c1-27-20-9-3-17(4-10-20)23(26)25-19-7-5-18(6-8-19)24-15-16-29-22-13-11-21(28-2)12-14-22/h3-14,24H,15-16H2,1-2H3,(H,25,26). The fourth-order valence-electron chi connectivity index (χ4n) is 2.65. The van der Waals surface area contributed by atoms with Gasteiger partial charge in [-0.1, -0.05) is 0 Å². The van der Waals surface area contributed by atoms with E-state index < -0.39 is 0 Å². The van der Waals surface area contributed by atoms with Crippen LogP contribution in [0.25, 0.3) is 0 Å². The molecular formula is C23H24N2O4. The van der Waals surface area contributed by atoms with Gasteiger partial charge in [0, 0.05) is 23.5 Å². The molecule has 0 aliphatic carbocycles. The van der Waals surface area contributed by atoms with Crippen molar-refractivity contribution in [3.05, 3.63) is 78.4 Å². The predicted octanol–water partition coefficient (Wildman–Crippen LogP) is 4.45. The molecule has 3 rings (SSSR count). The van der Waals surface area contributed by atoms with E-state index in [0.717, 1.165) is 22.9 Å². The molecule has 6 heteroatoms. The van der Waals surface area contributed by atoms with Gasteiger partial charge in [0.05, 0.1) is 14.2 Å². The van der Waals surface area contributed by atoms with Crippen molar-refractivity contribution in [1.82, 2.24) is 0 Å². The molecule has 0 aliphatic rings. The Morgan fingerprint density at radius 1 is 0.724 bits per heavy atom. The van der Waals surface area contributed by atoms with Gasteiger partial charge in [-0.3, -0.25) is 4.79 Å². The number of anilines is 2. The van der Waals surface area contributed by atoms with Crippen molar-refractivity contribution in [3.8, 4) is 17.2 Å². The molecule has 0 bridgehead atoms. The van der Waals surface area contributed by atoms with Crippen LogP contribution >= 0.6 is 0 Å². The first-order valence-electron chi connectivity index (χ1n) is 9.24. The maximum absolute atomic E-state index is 12.3. The summed E-state index contributed by atoms with van der Waals surface area (Å²) < 4.78 is 15.9. The molecule has 0 aromatic heterocycles. The van der Waals surface area contributed by atoms with Crippen LogP contribution in [0.15, 0.2) is 72.8 Å². The molecule has 0 saturated carbocycles. The van der Waals surface area contributed by atoms with E-state index in [1.807, 2.05) is 48.5 Å². The van der Waals surface area contributed by atoms with Crippen LogP contribution in [-0.2, 0) is 0 Å². The van der Waals surface area contributed by atoms with E-state index in [-0.39, 0.29) is 5.91 Å². The second kappa shape index (κ2) is 10.0. The fraction of sp³-hybridized carbons (Fsp3) is 0.174. The van der Waals surface area contributed by atoms with E-state index in [9.17, 15) is 4.79 Å². The molecule has 6 nitrogen and oxygen atoms in total. The lowest BCUT2D eigenvalue weighted by molar-refractivity contribution is 0.102. The second-order valence-electron chi connectivity index (χ2n) is 6.21. The zero-order valence-electron chi connectivity index (χ0n) is 16.5. The zero-order chi connectivity index (χ0) is 20.5. The van der Waals surface area contributed by atoms with Crippen molar-refractivity contribution in [2.45, 2.75) is 0 Å². The number of nitrogens with one attached hydrogen (secondary N) is 2. The quantitative estimate of drug-likeness (QED) is 0.527. The average Bonchev–Trinajstić information content (AvgIpc) is 2.78. The van der Waals surface area contributed by atoms with Crippen LogP contribution in [0.2, 0.25) is 0 Å². The zero-order valence-corrected chi connectivity index (χ0v) is 16.5. The summed E-state index contributed by atoms with van der Waals surface area (Å²) in [6.07, 6.45) is 0. The normalized spacial score (nSPS) is 10.1. The van der Waals surface area contributed by atoms with Crippen molar-refractivity contribution < 1.29 is 19.0 Å². The Morgan fingerprint density at radius 2 is 1.24 bits per heavy atom. The van der Waals surface area contributed by atoms with Gasteiger partial charge in [-0.25, -0.2) is 0 Å². The Labute approximate surface area is 170 Å². The lowest BCUT2D eigenvalue weighted by Crippen LogP contribution is -2.13.